The number of fused-ring (bicyclic) bond motifs is 1. The van der Waals surface area contributed by atoms with Crippen LogP contribution in [0.5, 0.6) is 0 Å². The Morgan fingerprint density at radius 1 is 1.21 bits per heavy atom. The minimum atomic E-state index is 0.528. The zero-order valence-electron chi connectivity index (χ0n) is 10.3. The molecule has 0 saturated carbocycles. The predicted molar refractivity (Wildman–Crippen MR) is 76.4 cm³/mol. The van der Waals surface area contributed by atoms with Crippen molar-refractivity contribution >= 4 is 23.4 Å². The maximum Gasteiger partial charge on any atom is 0.140 e. The summed E-state index contributed by atoms with van der Waals surface area (Å²) in [5, 5.41) is 0.536. The molecule has 0 fully saturated rings. The fourth-order valence-corrected chi connectivity index (χ4v) is 3.01. The average Bonchev–Trinajstić information content (AvgIpc) is 2.46. The average molecular weight is 293 g/mol. The Bertz CT molecular complexity index is 577. The quantitative estimate of drug-likeness (QED) is 0.641. The van der Waals surface area contributed by atoms with Crippen LogP contribution < -0.4 is 0 Å². The molecule has 1 aliphatic rings. The van der Waals surface area contributed by atoms with Gasteiger partial charge in [0.2, 0.25) is 0 Å². The van der Waals surface area contributed by atoms with Crippen LogP contribution >= 0.6 is 23.4 Å². The molecule has 3 nitrogen and oxygen atoms in total. The molecule has 0 N–H and O–H groups in total. The summed E-state index contributed by atoms with van der Waals surface area (Å²) in [5.74, 6) is 1.53. The highest BCUT2D eigenvalue weighted by molar-refractivity contribution is 7.98. The molecular weight excluding hydrogens is 280 g/mol. The number of ether oxygens (including phenoxy) is 1. The van der Waals surface area contributed by atoms with Crippen LogP contribution in [-0.4, -0.2) is 16.6 Å². The van der Waals surface area contributed by atoms with E-state index in [4.69, 9.17) is 16.3 Å². The Balaban J connectivity index is 1.76. The van der Waals surface area contributed by atoms with E-state index in [1.165, 1.54) is 4.90 Å². The van der Waals surface area contributed by atoms with Crippen molar-refractivity contribution in [3.05, 3.63) is 52.6 Å². The van der Waals surface area contributed by atoms with Crippen LogP contribution in [0.3, 0.4) is 0 Å². The SMILES string of the molecule is Clc1nc(CSc2ccccc2)nc2c1COCC2. The van der Waals surface area contributed by atoms with Crippen molar-refractivity contribution in [2.45, 2.75) is 23.7 Å². The molecular formula is C14H13ClN2OS. The lowest BCUT2D eigenvalue weighted by Crippen LogP contribution is -2.14. The maximum atomic E-state index is 6.19. The van der Waals surface area contributed by atoms with Crippen molar-refractivity contribution in [2.24, 2.45) is 0 Å². The van der Waals surface area contributed by atoms with E-state index in [0.717, 1.165) is 29.3 Å². The van der Waals surface area contributed by atoms with Crippen molar-refractivity contribution in [3.63, 3.8) is 0 Å². The third-order valence-corrected chi connectivity index (χ3v) is 4.25. The van der Waals surface area contributed by atoms with Gasteiger partial charge in [-0.05, 0) is 12.1 Å². The van der Waals surface area contributed by atoms with Crippen molar-refractivity contribution in [3.8, 4) is 0 Å². The molecule has 0 unspecified atom stereocenters. The van der Waals surface area contributed by atoms with E-state index in [0.29, 0.717) is 18.4 Å². The third-order valence-electron chi connectivity index (χ3n) is 2.93. The molecule has 19 heavy (non-hydrogen) atoms. The molecule has 0 amide bonds. The summed E-state index contributed by atoms with van der Waals surface area (Å²) >= 11 is 7.91. The van der Waals surface area contributed by atoms with Gasteiger partial charge in [-0.2, -0.15) is 0 Å². The van der Waals surface area contributed by atoms with Gasteiger partial charge in [0.1, 0.15) is 11.0 Å². The summed E-state index contributed by atoms with van der Waals surface area (Å²) in [7, 11) is 0. The lowest BCUT2D eigenvalue weighted by Gasteiger charge is -2.17. The second-order valence-electron chi connectivity index (χ2n) is 4.26. The van der Waals surface area contributed by atoms with E-state index in [1.807, 2.05) is 18.2 Å². The molecule has 0 spiro atoms. The molecule has 2 heterocycles. The van der Waals surface area contributed by atoms with Crippen LogP contribution in [0.25, 0.3) is 0 Å². The molecule has 0 saturated heterocycles. The third kappa shape index (κ3) is 3.08. The number of thioether (sulfide) groups is 1. The topological polar surface area (TPSA) is 35.0 Å². The van der Waals surface area contributed by atoms with Gasteiger partial charge in [-0.3, -0.25) is 0 Å². The molecule has 0 radical (unpaired) electrons. The monoisotopic (exact) mass is 292 g/mol. The van der Waals surface area contributed by atoms with Crippen LogP contribution in [0.2, 0.25) is 5.15 Å². The number of aromatic nitrogens is 2. The zero-order valence-corrected chi connectivity index (χ0v) is 11.9. The molecule has 1 aliphatic heterocycles. The van der Waals surface area contributed by atoms with Crippen molar-refractivity contribution in [2.75, 3.05) is 6.61 Å². The van der Waals surface area contributed by atoms with Crippen molar-refractivity contribution in [1.29, 1.82) is 0 Å². The maximum absolute atomic E-state index is 6.19. The van der Waals surface area contributed by atoms with Gasteiger partial charge in [-0.1, -0.05) is 29.8 Å². The Morgan fingerprint density at radius 3 is 2.89 bits per heavy atom. The van der Waals surface area contributed by atoms with Gasteiger partial charge in [-0.25, -0.2) is 9.97 Å². The fraction of sp³-hybridized carbons (Fsp3) is 0.286. The van der Waals surface area contributed by atoms with Gasteiger partial charge in [0.05, 0.1) is 24.7 Å². The van der Waals surface area contributed by atoms with E-state index >= 15 is 0 Å². The molecule has 1 aromatic heterocycles. The fourth-order valence-electron chi connectivity index (χ4n) is 1.97. The highest BCUT2D eigenvalue weighted by Gasteiger charge is 2.17. The minimum absolute atomic E-state index is 0.528. The molecule has 1 aromatic carbocycles. The molecule has 3 rings (SSSR count). The number of rotatable bonds is 3. The van der Waals surface area contributed by atoms with Crippen molar-refractivity contribution in [1.82, 2.24) is 9.97 Å². The van der Waals surface area contributed by atoms with E-state index in [1.54, 1.807) is 11.8 Å². The Morgan fingerprint density at radius 2 is 2.05 bits per heavy atom. The minimum Gasteiger partial charge on any atom is -0.376 e. The van der Waals surface area contributed by atoms with E-state index in [9.17, 15) is 0 Å². The second kappa shape index (κ2) is 5.90. The van der Waals surface area contributed by atoms with E-state index in [2.05, 4.69) is 22.1 Å². The highest BCUT2D eigenvalue weighted by Crippen LogP contribution is 2.25. The summed E-state index contributed by atoms with van der Waals surface area (Å²) in [5.41, 5.74) is 1.98. The van der Waals surface area contributed by atoms with Gasteiger partial charge in [0.15, 0.2) is 0 Å². The van der Waals surface area contributed by atoms with Crippen molar-refractivity contribution < 1.29 is 4.74 Å². The molecule has 2 aromatic rings. The highest BCUT2D eigenvalue weighted by atomic mass is 35.5. The van der Waals surface area contributed by atoms with Crippen LogP contribution in [0.4, 0.5) is 0 Å². The van der Waals surface area contributed by atoms with Crippen LogP contribution in [0.1, 0.15) is 17.1 Å². The summed E-state index contributed by atoms with van der Waals surface area (Å²) in [6.07, 6.45) is 0.820. The molecule has 0 aliphatic carbocycles. The molecule has 0 atom stereocenters. The summed E-state index contributed by atoms with van der Waals surface area (Å²) in [6, 6.07) is 10.2. The first-order chi connectivity index (χ1) is 9.33. The number of hydrogen-bond donors (Lipinski definition) is 0. The summed E-state index contributed by atoms with van der Waals surface area (Å²) < 4.78 is 5.38. The standard InChI is InChI=1S/C14H13ClN2OS/c15-14-11-8-18-7-6-12(11)16-13(17-14)9-19-10-4-2-1-3-5-10/h1-5H,6-9H2. The molecule has 5 heteroatoms. The van der Waals surface area contributed by atoms with Gasteiger partial charge in [0.25, 0.3) is 0 Å². The Kier molecular flexibility index (Phi) is 4.01. The van der Waals surface area contributed by atoms with Crippen LogP contribution in [0, 0.1) is 0 Å². The van der Waals surface area contributed by atoms with Gasteiger partial charge >= 0.3 is 0 Å². The first-order valence-corrected chi connectivity index (χ1v) is 7.49. The largest absolute Gasteiger partial charge is 0.376 e. The number of nitrogens with zero attached hydrogens (tertiary/aromatic N) is 2. The first-order valence-electron chi connectivity index (χ1n) is 6.12. The predicted octanol–water partition coefficient (Wildman–Crippen LogP) is 3.50. The molecule has 0 bridgehead atoms. The zero-order chi connectivity index (χ0) is 13.1. The van der Waals surface area contributed by atoms with Crippen LogP contribution in [0.15, 0.2) is 35.2 Å². The summed E-state index contributed by atoms with van der Waals surface area (Å²) in [6.45, 7) is 1.24. The first kappa shape index (κ1) is 12.9. The van der Waals surface area contributed by atoms with Gasteiger partial charge in [-0.15, -0.1) is 11.8 Å². The number of benzene rings is 1. The van der Waals surface area contributed by atoms with E-state index < -0.39 is 0 Å². The second-order valence-corrected chi connectivity index (χ2v) is 5.67. The number of halogens is 1. The Labute approximate surface area is 121 Å². The van der Waals surface area contributed by atoms with Gasteiger partial charge in [0, 0.05) is 16.9 Å². The smallest absolute Gasteiger partial charge is 0.140 e. The molecule has 98 valence electrons. The Hall–Kier alpha value is -1.10. The van der Waals surface area contributed by atoms with Gasteiger partial charge < -0.3 is 4.74 Å². The number of hydrogen-bond acceptors (Lipinski definition) is 4. The van der Waals surface area contributed by atoms with E-state index in [-0.39, 0.29) is 0 Å². The lowest BCUT2D eigenvalue weighted by molar-refractivity contribution is 0.109. The lowest BCUT2D eigenvalue weighted by atomic mass is 10.1. The van der Waals surface area contributed by atoms with Crippen LogP contribution in [-0.2, 0) is 23.5 Å². The summed E-state index contributed by atoms with van der Waals surface area (Å²) in [4.78, 5) is 10.2. The normalized spacial score (nSPS) is 14.2.